The van der Waals surface area contributed by atoms with Crippen LogP contribution in [0.1, 0.15) is 0 Å². The van der Waals surface area contributed by atoms with Crippen LogP contribution in [-0.4, -0.2) is 65.3 Å². The van der Waals surface area contributed by atoms with Crippen molar-refractivity contribution < 1.29 is 9.47 Å². The first-order valence-corrected chi connectivity index (χ1v) is 10.6. The summed E-state index contributed by atoms with van der Waals surface area (Å²) in [7, 11) is 3.21. The van der Waals surface area contributed by atoms with Gasteiger partial charge in [-0.15, -0.1) is 0 Å². The number of anilines is 3. The summed E-state index contributed by atoms with van der Waals surface area (Å²) in [6.07, 6.45) is 3.49. The van der Waals surface area contributed by atoms with Crippen LogP contribution in [-0.2, 0) is 0 Å². The maximum Gasteiger partial charge on any atom is 0.224 e. The van der Waals surface area contributed by atoms with Crippen molar-refractivity contribution in [3.8, 4) is 22.8 Å². The van der Waals surface area contributed by atoms with Gasteiger partial charge >= 0.3 is 0 Å². The van der Waals surface area contributed by atoms with E-state index in [0.29, 0.717) is 34.2 Å². The molecule has 0 bridgehead atoms. The van der Waals surface area contributed by atoms with E-state index in [1.807, 2.05) is 42.6 Å². The van der Waals surface area contributed by atoms with Crippen molar-refractivity contribution in [2.75, 3.05) is 55.9 Å². The zero-order valence-electron chi connectivity index (χ0n) is 18.5. The number of methoxy groups -OCH3 is 2. The molecule has 33 heavy (non-hydrogen) atoms. The minimum Gasteiger partial charge on any atom is -0.493 e. The topological polar surface area (TPSA) is 115 Å². The fourth-order valence-electron chi connectivity index (χ4n) is 3.95. The van der Waals surface area contributed by atoms with E-state index in [1.54, 1.807) is 20.4 Å². The zero-order chi connectivity index (χ0) is 22.8. The predicted octanol–water partition coefficient (Wildman–Crippen LogP) is 2.41. The molecule has 0 spiro atoms. The molecule has 2 N–H and O–H groups in total. The van der Waals surface area contributed by atoms with Crippen LogP contribution in [0, 0.1) is 0 Å². The molecule has 0 unspecified atom stereocenters. The van der Waals surface area contributed by atoms with Crippen LogP contribution < -0.4 is 25.0 Å². The van der Waals surface area contributed by atoms with E-state index >= 15 is 0 Å². The molecule has 10 nitrogen and oxygen atoms in total. The first kappa shape index (κ1) is 20.7. The molecule has 0 radical (unpaired) electrons. The SMILES string of the molecule is COc1ccc(-c2cnc3nc(N)nc(N4CCN(c5ccccn5)CC4)c3n2)cc1OC. The lowest BCUT2D eigenvalue weighted by Gasteiger charge is -2.36. The first-order valence-electron chi connectivity index (χ1n) is 10.6. The third kappa shape index (κ3) is 4.02. The van der Waals surface area contributed by atoms with Gasteiger partial charge in [0.1, 0.15) is 5.82 Å². The lowest BCUT2D eigenvalue weighted by molar-refractivity contribution is 0.355. The quantitative estimate of drug-likeness (QED) is 0.492. The van der Waals surface area contributed by atoms with Crippen molar-refractivity contribution in [3.05, 3.63) is 48.8 Å². The largest absolute Gasteiger partial charge is 0.493 e. The average Bonchev–Trinajstić information content (AvgIpc) is 2.88. The number of nitrogen functional groups attached to an aromatic ring is 1. The highest BCUT2D eigenvalue weighted by Gasteiger charge is 2.23. The van der Waals surface area contributed by atoms with Gasteiger partial charge in [0.2, 0.25) is 5.95 Å². The second kappa shape index (κ2) is 8.73. The highest BCUT2D eigenvalue weighted by molar-refractivity contribution is 5.86. The number of fused-ring (bicyclic) bond motifs is 1. The maximum atomic E-state index is 6.00. The fraction of sp³-hybridized carbons (Fsp3) is 0.261. The highest BCUT2D eigenvalue weighted by Crippen LogP contribution is 2.33. The summed E-state index contributed by atoms with van der Waals surface area (Å²) in [6, 6.07) is 11.6. The Morgan fingerprint density at radius 1 is 0.848 bits per heavy atom. The predicted molar refractivity (Wildman–Crippen MR) is 127 cm³/mol. The fourth-order valence-corrected chi connectivity index (χ4v) is 3.95. The van der Waals surface area contributed by atoms with Gasteiger partial charge in [0.25, 0.3) is 0 Å². The van der Waals surface area contributed by atoms with E-state index in [1.165, 1.54) is 0 Å². The van der Waals surface area contributed by atoms with Crippen LogP contribution in [0.25, 0.3) is 22.4 Å². The zero-order valence-corrected chi connectivity index (χ0v) is 18.5. The molecule has 0 atom stereocenters. The Bertz CT molecular complexity index is 1280. The number of piperazine rings is 1. The van der Waals surface area contributed by atoms with Gasteiger partial charge in [-0.05, 0) is 30.3 Å². The molecule has 3 aromatic heterocycles. The molecule has 168 valence electrons. The summed E-state index contributed by atoms with van der Waals surface area (Å²) < 4.78 is 10.8. The standard InChI is InChI=1S/C23H24N8O2/c1-32-17-7-6-15(13-18(17)33-2)16-14-26-21-20(27-16)22(29-23(24)28-21)31-11-9-30(10-12-31)19-5-3-4-8-25-19/h3-8,13-14H,9-12H2,1-2H3,(H2,24,26,28,29). The second-order valence-corrected chi connectivity index (χ2v) is 7.56. The van der Waals surface area contributed by atoms with Gasteiger partial charge in [0.05, 0.1) is 26.1 Å². The van der Waals surface area contributed by atoms with Crippen molar-refractivity contribution in [1.29, 1.82) is 0 Å². The van der Waals surface area contributed by atoms with Gasteiger partial charge in [0.15, 0.2) is 28.5 Å². The van der Waals surface area contributed by atoms with Crippen molar-refractivity contribution >= 4 is 28.7 Å². The third-order valence-corrected chi connectivity index (χ3v) is 5.64. The molecule has 1 aromatic carbocycles. The third-order valence-electron chi connectivity index (χ3n) is 5.64. The van der Waals surface area contributed by atoms with Gasteiger partial charge in [-0.2, -0.15) is 9.97 Å². The van der Waals surface area contributed by atoms with E-state index in [9.17, 15) is 0 Å². The summed E-state index contributed by atoms with van der Waals surface area (Å²) in [6.45, 7) is 3.13. The van der Waals surface area contributed by atoms with Crippen LogP contribution in [0.4, 0.5) is 17.6 Å². The molecular formula is C23H24N8O2. The molecule has 1 aliphatic heterocycles. The minimum absolute atomic E-state index is 0.179. The number of nitrogens with zero attached hydrogens (tertiary/aromatic N) is 7. The van der Waals surface area contributed by atoms with E-state index in [-0.39, 0.29) is 5.95 Å². The molecule has 1 fully saturated rings. The van der Waals surface area contributed by atoms with Gasteiger partial charge in [-0.1, -0.05) is 6.07 Å². The van der Waals surface area contributed by atoms with Crippen molar-refractivity contribution in [1.82, 2.24) is 24.9 Å². The van der Waals surface area contributed by atoms with Crippen LogP contribution in [0.15, 0.2) is 48.8 Å². The highest BCUT2D eigenvalue weighted by atomic mass is 16.5. The van der Waals surface area contributed by atoms with Crippen molar-refractivity contribution in [3.63, 3.8) is 0 Å². The molecule has 1 aliphatic rings. The summed E-state index contributed by atoms with van der Waals surface area (Å²) in [5, 5.41) is 0. The van der Waals surface area contributed by atoms with Crippen LogP contribution >= 0.6 is 0 Å². The Morgan fingerprint density at radius 2 is 1.64 bits per heavy atom. The van der Waals surface area contributed by atoms with Crippen LogP contribution in [0.3, 0.4) is 0 Å². The molecule has 4 heterocycles. The Kier molecular flexibility index (Phi) is 5.47. The van der Waals surface area contributed by atoms with Gasteiger partial charge in [-0.25, -0.2) is 15.0 Å². The smallest absolute Gasteiger partial charge is 0.224 e. The number of hydrogen-bond acceptors (Lipinski definition) is 10. The first-order chi connectivity index (χ1) is 16.2. The average molecular weight is 444 g/mol. The molecule has 10 heteroatoms. The lowest BCUT2D eigenvalue weighted by atomic mass is 10.1. The van der Waals surface area contributed by atoms with Crippen molar-refractivity contribution in [2.45, 2.75) is 0 Å². The second-order valence-electron chi connectivity index (χ2n) is 7.56. The molecule has 4 aromatic rings. The summed E-state index contributed by atoms with van der Waals surface area (Å²) in [4.78, 5) is 27.1. The Labute approximate surface area is 191 Å². The molecule has 0 saturated carbocycles. The van der Waals surface area contributed by atoms with Gasteiger partial charge < -0.3 is 25.0 Å². The Morgan fingerprint density at radius 3 is 2.36 bits per heavy atom. The minimum atomic E-state index is 0.179. The Balaban J connectivity index is 1.48. The number of aromatic nitrogens is 5. The number of pyridine rings is 1. The number of hydrogen-bond donors (Lipinski definition) is 1. The summed E-state index contributed by atoms with van der Waals surface area (Å²) in [5.74, 6) is 3.11. The molecule has 0 aliphatic carbocycles. The van der Waals surface area contributed by atoms with E-state index in [0.717, 1.165) is 37.6 Å². The van der Waals surface area contributed by atoms with Crippen LogP contribution in [0.5, 0.6) is 11.5 Å². The van der Waals surface area contributed by atoms with Gasteiger partial charge in [-0.3, -0.25) is 0 Å². The number of rotatable bonds is 5. The number of nitrogens with two attached hydrogens (primary N) is 1. The molecule has 1 saturated heterocycles. The monoisotopic (exact) mass is 444 g/mol. The maximum absolute atomic E-state index is 6.00. The Hall–Kier alpha value is -4.21. The van der Waals surface area contributed by atoms with Gasteiger partial charge in [0, 0.05) is 37.9 Å². The van der Waals surface area contributed by atoms with E-state index in [2.05, 4.69) is 29.7 Å². The molecule has 5 rings (SSSR count). The van der Waals surface area contributed by atoms with E-state index in [4.69, 9.17) is 20.2 Å². The number of benzene rings is 1. The van der Waals surface area contributed by atoms with E-state index < -0.39 is 0 Å². The summed E-state index contributed by atoms with van der Waals surface area (Å²) in [5.41, 5.74) is 8.62. The van der Waals surface area contributed by atoms with Crippen molar-refractivity contribution in [2.24, 2.45) is 0 Å². The molecular weight excluding hydrogens is 420 g/mol. The normalized spacial score (nSPS) is 13.9. The lowest BCUT2D eigenvalue weighted by Crippen LogP contribution is -2.47. The number of ether oxygens (including phenoxy) is 2. The summed E-state index contributed by atoms with van der Waals surface area (Å²) >= 11 is 0. The molecule has 0 amide bonds. The van der Waals surface area contributed by atoms with Crippen LogP contribution in [0.2, 0.25) is 0 Å².